The number of carbonyl (C=O) groups is 1. The highest BCUT2D eigenvalue weighted by Gasteiger charge is 2.15. The Morgan fingerprint density at radius 2 is 1.69 bits per heavy atom. The van der Waals surface area contributed by atoms with E-state index in [1.807, 2.05) is 30.3 Å². The Morgan fingerprint density at radius 3 is 2.45 bits per heavy atom. The predicted octanol–water partition coefficient (Wildman–Crippen LogP) is 4.14. The molecule has 2 amide bonds. The fourth-order valence-electron chi connectivity index (χ4n) is 2.60. The lowest BCUT2D eigenvalue weighted by molar-refractivity contribution is 0.262. The van der Waals surface area contributed by atoms with Crippen LogP contribution in [0, 0.1) is 0 Å². The molecule has 0 unspecified atom stereocenters. The van der Waals surface area contributed by atoms with Gasteiger partial charge in [-0.3, -0.25) is 9.71 Å². The van der Waals surface area contributed by atoms with Gasteiger partial charge in [-0.15, -0.1) is 11.3 Å². The molecule has 0 aliphatic carbocycles. The van der Waals surface area contributed by atoms with Crippen LogP contribution in [0.15, 0.2) is 77.3 Å². The monoisotopic (exact) mass is 425 g/mol. The molecular formula is C19H15N5O3S2. The number of nitrogens with zero attached hydrogens (tertiary/aromatic N) is 2. The number of thiazole rings is 1. The van der Waals surface area contributed by atoms with E-state index in [0.717, 1.165) is 10.9 Å². The maximum atomic E-state index is 12.3. The van der Waals surface area contributed by atoms with Crippen LogP contribution >= 0.6 is 11.3 Å². The van der Waals surface area contributed by atoms with E-state index in [0.29, 0.717) is 11.4 Å². The quantitative estimate of drug-likeness (QED) is 0.445. The first-order valence-corrected chi connectivity index (χ1v) is 10.8. The van der Waals surface area contributed by atoms with Crippen LogP contribution in [0.1, 0.15) is 0 Å². The number of pyridine rings is 1. The van der Waals surface area contributed by atoms with Crippen LogP contribution in [0.25, 0.3) is 10.9 Å². The summed E-state index contributed by atoms with van der Waals surface area (Å²) in [6.07, 6.45) is 3.08. The van der Waals surface area contributed by atoms with Crippen molar-refractivity contribution in [2.24, 2.45) is 0 Å². The molecule has 0 spiro atoms. The Balaban J connectivity index is 1.41. The van der Waals surface area contributed by atoms with E-state index in [1.165, 1.54) is 41.8 Å². The molecule has 3 N–H and O–H groups in total. The topological polar surface area (TPSA) is 113 Å². The summed E-state index contributed by atoms with van der Waals surface area (Å²) in [4.78, 5) is 20.5. The van der Waals surface area contributed by atoms with Crippen LogP contribution in [0.5, 0.6) is 0 Å². The van der Waals surface area contributed by atoms with E-state index in [4.69, 9.17) is 0 Å². The molecule has 29 heavy (non-hydrogen) atoms. The first-order valence-electron chi connectivity index (χ1n) is 8.45. The van der Waals surface area contributed by atoms with Crippen molar-refractivity contribution in [2.75, 3.05) is 15.4 Å². The van der Waals surface area contributed by atoms with E-state index in [1.54, 1.807) is 11.6 Å². The third-order valence-electron chi connectivity index (χ3n) is 3.92. The summed E-state index contributed by atoms with van der Waals surface area (Å²) in [6, 6.07) is 14.8. The number of aromatic nitrogens is 2. The molecule has 2 aromatic carbocycles. The minimum atomic E-state index is -3.74. The number of nitrogens with one attached hydrogen (secondary N) is 3. The number of urea groups is 1. The lowest BCUT2D eigenvalue weighted by Crippen LogP contribution is -2.19. The second-order valence-electron chi connectivity index (χ2n) is 5.96. The molecule has 4 rings (SSSR count). The second-order valence-corrected chi connectivity index (χ2v) is 8.54. The average molecular weight is 425 g/mol. The van der Waals surface area contributed by atoms with Gasteiger partial charge in [0.2, 0.25) is 0 Å². The first kappa shape index (κ1) is 18.8. The maximum Gasteiger partial charge on any atom is 0.323 e. The van der Waals surface area contributed by atoms with E-state index in [2.05, 4.69) is 25.3 Å². The minimum absolute atomic E-state index is 0.0670. The lowest BCUT2D eigenvalue weighted by Gasteiger charge is -2.09. The average Bonchev–Trinajstić information content (AvgIpc) is 3.20. The number of hydrogen-bond acceptors (Lipinski definition) is 6. The predicted molar refractivity (Wildman–Crippen MR) is 114 cm³/mol. The maximum absolute atomic E-state index is 12.3. The van der Waals surface area contributed by atoms with Crippen LogP contribution in [0.3, 0.4) is 0 Å². The van der Waals surface area contributed by atoms with E-state index in [-0.39, 0.29) is 10.0 Å². The highest BCUT2D eigenvalue weighted by Crippen LogP contribution is 2.20. The molecule has 0 saturated heterocycles. The summed E-state index contributed by atoms with van der Waals surface area (Å²) in [7, 11) is -3.74. The van der Waals surface area contributed by atoms with Gasteiger partial charge in [-0.2, -0.15) is 0 Å². The zero-order valence-electron chi connectivity index (χ0n) is 14.9. The van der Waals surface area contributed by atoms with E-state index >= 15 is 0 Å². The highest BCUT2D eigenvalue weighted by molar-refractivity contribution is 7.93. The molecule has 0 fully saturated rings. The molecule has 2 heterocycles. The van der Waals surface area contributed by atoms with Gasteiger partial charge in [-0.05, 0) is 36.4 Å². The summed E-state index contributed by atoms with van der Waals surface area (Å²) in [5.41, 5.74) is 1.83. The van der Waals surface area contributed by atoms with Crippen LogP contribution in [0.2, 0.25) is 0 Å². The number of benzene rings is 2. The fourth-order valence-corrected chi connectivity index (χ4v) is 4.39. The lowest BCUT2D eigenvalue weighted by atomic mass is 10.2. The minimum Gasteiger partial charge on any atom is -0.308 e. The van der Waals surface area contributed by atoms with Crippen LogP contribution in [-0.4, -0.2) is 24.4 Å². The number of hydrogen-bond donors (Lipinski definition) is 3. The molecular weight excluding hydrogens is 410 g/mol. The van der Waals surface area contributed by atoms with Gasteiger partial charge in [-0.1, -0.05) is 18.2 Å². The number of fused-ring (bicyclic) bond motifs is 1. The molecule has 0 aliphatic heterocycles. The van der Waals surface area contributed by atoms with E-state index in [9.17, 15) is 13.2 Å². The van der Waals surface area contributed by atoms with Gasteiger partial charge >= 0.3 is 6.03 Å². The SMILES string of the molecule is O=C(Nc1ccc(S(=O)(=O)Nc2nccs2)cc1)Nc1cnc2ccccc2c1. The van der Waals surface area contributed by atoms with Gasteiger partial charge < -0.3 is 10.6 Å². The molecule has 0 saturated carbocycles. The van der Waals surface area contributed by atoms with Crippen molar-refractivity contribution in [1.29, 1.82) is 0 Å². The molecule has 0 bridgehead atoms. The van der Waals surface area contributed by atoms with Gasteiger partial charge in [0.05, 0.1) is 22.3 Å². The van der Waals surface area contributed by atoms with Crippen LogP contribution < -0.4 is 15.4 Å². The van der Waals surface area contributed by atoms with Gasteiger partial charge in [0.25, 0.3) is 10.0 Å². The number of sulfonamides is 1. The molecule has 0 atom stereocenters. The van der Waals surface area contributed by atoms with Crippen molar-refractivity contribution >= 4 is 54.8 Å². The fraction of sp³-hybridized carbons (Fsp3) is 0. The smallest absolute Gasteiger partial charge is 0.308 e. The number of rotatable bonds is 5. The second kappa shape index (κ2) is 7.86. The zero-order valence-corrected chi connectivity index (χ0v) is 16.5. The Bertz CT molecular complexity index is 1260. The number of para-hydroxylation sites is 1. The van der Waals surface area contributed by atoms with Crippen molar-refractivity contribution in [2.45, 2.75) is 4.90 Å². The zero-order chi connectivity index (χ0) is 20.3. The molecule has 0 aliphatic rings. The van der Waals surface area contributed by atoms with Crippen molar-refractivity contribution in [3.8, 4) is 0 Å². The largest absolute Gasteiger partial charge is 0.323 e. The highest BCUT2D eigenvalue weighted by atomic mass is 32.2. The normalized spacial score (nSPS) is 11.2. The Labute approximate surface area is 170 Å². The van der Waals surface area contributed by atoms with Gasteiger partial charge in [0.1, 0.15) is 0 Å². The molecule has 10 heteroatoms. The summed E-state index contributed by atoms with van der Waals surface area (Å²) in [5, 5.41) is 8.24. The summed E-state index contributed by atoms with van der Waals surface area (Å²) < 4.78 is 27.1. The molecule has 2 aromatic heterocycles. The van der Waals surface area contributed by atoms with Crippen LogP contribution in [-0.2, 0) is 10.0 Å². The Morgan fingerprint density at radius 1 is 0.931 bits per heavy atom. The summed E-state index contributed by atoms with van der Waals surface area (Å²) >= 11 is 1.19. The molecule has 0 radical (unpaired) electrons. The third-order valence-corrected chi connectivity index (χ3v) is 6.10. The third kappa shape index (κ3) is 4.50. The number of amides is 2. The number of carbonyl (C=O) groups excluding carboxylic acids is 1. The van der Waals surface area contributed by atoms with Crippen molar-refractivity contribution in [3.05, 3.63) is 72.4 Å². The van der Waals surface area contributed by atoms with Crippen molar-refractivity contribution in [3.63, 3.8) is 0 Å². The van der Waals surface area contributed by atoms with Crippen molar-refractivity contribution in [1.82, 2.24) is 9.97 Å². The van der Waals surface area contributed by atoms with Gasteiger partial charge in [-0.25, -0.2) is 18.2 Å². The van der Waals surface area contributed by atoms with Crippen LogP contribution in [0.4, 0.5) is 21.3 Å². The first-order chi connectivity index (χ1) is 14.0. The Kier molecular flexibility index (Phi) is 5.10. The standard InChI is InChI=1S/C19H15N5O3S2/c25-18(23-15-11-13-3-1-2-4-17(13)21-12-15)22-14-5-7-16(8-6-14)29(26,27)24-19-20-9-10-28-19/h1-12H,(H,20,24)(H2,22,23,25). The van der Waals surface area contributed by atoms with Gasteiger partial charge in [0, 0.05) is 22.7 Å². The van der Waals surface area contributed by atoms with E-state index < -0.39 is 16.1 Å². The summed E-state index contributed by atoms with van der Waals surface area (Å²) in [6.45, 7) is 0. The number of anilines is 3. The van der Waals surface area contributed by atoms with Gasteiger partial charge in [0.15, 0.2) is 5.13 Å². The summed E-state index contributed by atoms with van der Waals surface area (Å²) in [5.74, 6) is 0. The van der Waals surface area contributed by atoms with Crippen molar-refractivity contribution < 1.29 is 13.2 Å². The molecule has 4 aromatic rings. The molecule has 8 nitrogen and oxygen atoms in total. The Hall–Kier alpha value is -3.50. The molecule has 146 valence electrons.